The Labute approximate surface area is 128 Å². The molecule has 0 bridgehead atoms. The van der Waals surface area contributed by atoms with Gasteiger partial charge in [0.15, 0.2) is 0 Å². The van der Waals surface area contributed by atoms with Crippen LogP contribution in [0.15, 0.2) is 18.2 Å². The van der Waals surface area contributed by atoms with Gasteiger partial charge in [-0.15, -0.1) is 0 Å². The first-order chi connectivity index (χ1) is 9.97. The van der Waals surface area contributed by atoms with E-state index < -0.39 is 11.4 Å². The maximum absolute atomic E-state index is 11.7. The van der Waals surface area contributed by atoms with E-state index in [1.165, 1.54) is 16.7 Å². The van der Waals surface area contributed by atoms with Crippen LogP contribution < -0.4 is 0 Å². The van der Waals surface area contributed by atoms with Crippen molar-refractivity contribution >= 4 is 5.97 Å². The third-order valence-electron chi connectivity index (χ3n) is 4.82. The molecule has 1 aliphatic heterocycles. The van der Waals surface area contributed by atoms with Gasteiger partial charge in [-0.2, -0.15) is 0 Å². The monoisotopic (exact) mass is 289 g/mol. The maximum atomic E-state index is 11.7. The standard InChI is InChI=1S/C18H27NO2/c1-4-8-18(17(20)21)9-5-10-19(13-18)12-16-7-6-14(2)15(3)11-16/h6-7,11H,4-5,8-10,12-13H2,1-3H3,(H,20,21). The quantitative estimate of drug-likeness (QED) is 0.897. The van der Waals surface area contributed by atoms with E-state index >= 15 is 0 Å². The molecule has 1 atom stereocenters. The molecule has 3 heteroatoms. The Bertz CT molecular complexity index is 508. The Balaban J connectivity index is 2.09. The van der Waals surface area contributed by atoms with Crippen LogP contribution in [-0.2, 0) is 11.3 Å². The van der Waals surface area contributed by atoms with Gasteiger partial charge in [-0.05, 0) is 56.3 Å². The number of hydrogen-bond acceptors (Lipinski definition) is 2. The second-order valence-corrected chi connectivity index (χ2v) is 6.57. The van der Waals surface area contributed by atoms with Crippen molar-refractivity contribution < 1.29 is 9.90 Å². The minimum Gasteiger partial charge on any atom is -0.481 e. The van der Waals surface area contributed by atoms with Crippen molar-refractivity contribution in [3.8, 4) is 0 Å². The number of carbonyl (C=O) groups is 1. The number of aliphatic carboxylic acids is 1. The second-order valence-electron chi connectivity index (χ2n) is 6.57. The lowest BCUT2D eigenvalue weighted by Gasteiger charge is -2.40. The predicted octanol–water partition coefficient (Wildman–Crippen LogP) is 3.77. The number of likely N-dealkylation sites (tertiary alicyclic amines) is 1. The molecule has 0 aliphatic carbocycles. The van der Waals surface area contributed by atoms with Gasteiger partial charge in [-0.3, -0.25) is 9.69 Å². The zero-order valence-corrected chi connectivity index (χ0v) is 13.5. The fourth-order valence-electron chi connectivity index (χ4n) is 3.49. The molecule has 0 saturated carbocycles. The van der Waals surface area contributed by atoms with Crippen LogP contribution in [0, 0.1) is 19.3 Å². The summed E-state index contributed by atoms with van der Waals surface area (Å²) in [7, 11) is 0. The van der Waals surface area contributed by atoms with Gasteiger partial charge < -0.3 is 5.11 Å². The summed E-state index contributed by atoms with van der Waals surface area (Å²) in [4.78, 5) is 14.1. The SMILES string of the molecule is CCCC1(C(=O)O)CCCN(Cc2ccc(C)c(C)c2)C1. The second kappa shape index (κ2) is 6.61. The van der Waals surface area contributed by atoms with Crippen molar-refractivity contribution in [3.05, 3.63) is 34.9 Å². The summed E-state index contributed by atoms with van der Waals surface area (Å²) >= 11 is 0. The molecule has 1 fully saturated rings. The molecule has 1 N–H and O–H groups in total. The average Bonchev–Trinajstić information content (AvgIpc) is 2.43. The number of benzene rings is 1. The van der Waals surface area contributed by atoms with Crippen LogP contribution in [-0.4, -0.2) is 29.1 Å². The van der Waals surface area contributed by atoms with Gasteiger partial charge in [0.25, 0.3) is 0 Å². The van der Waals surface area contributed by atoms with Crippen molar-refractivity contribution in [2.75, 3.05) is 13.1 Å². The molecule has 1 saturated heterocycles. The number of carboxylic acids is 1. The zero-order valence-electron chi connectivity index (χ0n) is 13.5. The topological polar surface area (TPSA) is 40.5 Å². The molecule has 2 rings (SSSR count). The number of hydrogen-bond donors (Lipinski definition) is 1. The third kappa shape index (κ3) is 3.65. The van der Waals surface area contributed by atoms with E-state index in [0.29, 0.717) is 6.54 Å². The highest BCUT2D eigenvalue weighted by Gasteiger charge is 2.41. The minimum atomic E-state index is -0.617. The Morgan fingerprint density at radius 3 is 2.71 bits per heavy atom. The largest absolute Gasteiger partial charge is 0.481 e. The Hall–Kier alpha value is -1.35. The maximum Gasteiger partial charge on any atom is 0.310 e. The summed E-state index contributed by atoms with van der Waals surface area (Å²) in [6.07, 6.45) is 3.52. The number of piperidine rings is 1. The third-order valence-corrected chi connectivity index (χ3v) is 4.82. The number of nitrogens with zero attached hydrogens (tertiary/aromatic N) is 1. The fraction of sp³-hybridized carbons (Fsp3) is 0.611. The van der Waals surface area contributed by atoms with Crippen LogP contribution in [0.4, 0.5) is 0 Å². The van der Waals surface area contributed by atoms with Gasteiger partial charge in [-0.1, -0.05) is 31.5 Å². The molecule has 1 heterocycles. The van der Waals surface area contributed by atoms with Gasteiger partial charge in [0.2, 0.25) is 0 Å². The van der Waals surface area contributed by atoms with Crippen molar-refractivity contribution in [1.29, 1.82) is 0 Å². The van der Waals surface area contributed by atoms with Gasteiger partial charge in [0, 0.05) is 13.1 Å². The number of aryl methyl sites for hydroxylation is 2. The molecule has 21 heavy (non-hydrogen) atoms. The molecule has 116 valence electrons. The fourth-order valence-corrected chi connectivity index (χ4v) is 3.49. The van der Waals surface area contributed by atoms with Crippen LogP contribution in [0.1, 0.15) is 49.3 Å². The summed E-state index contributed by atoms with van der Waals surface area (Å²) in [5, 5.41) is 9.66. The van der Waals surface area contributed by atoms with Crippen molar-refractivity contribution in [3.63, 3.8) is 0 Å². The highest BCUT2D eigenvalue weighted by molar-refractivity contribution is 5.75. The smallest absolute Gasteiger partial charge is 0.310 e. The lowest BCUT2D eigenvalue weighted by Crippen LogP contribution is -2.47. The zero-order chi connectivity index (χ0) is 15.5. The lowest BCUT2D eigenvalue weighted by atomic mass is 9.76. The predicted molar refractivity (Wildman–Crippen MR) is 85.4 cm³/mol. The Kier molecular flexibility index (Phi) is 5.04. The molecule has 1 aliphatic rings. The van der Waals surface area contributed by atoms with E-state index in [4.69, 9.17) is 0 Å². The first-order valence-electron chi connectivity index (χ1n) is 7.99. The Morgan fingerprint density at radius 2 is 2.10 bits per heavy atom. The molecular formula is C18H27NO2. The first kappa shape index (κ1) is 16.0. The molecule has 0 spiro atoms. The van der Waals surface area contributed by atoms with E-state index in [0.717, 1.165) is 38.8 Å². The highest BCUT2D eigenvalue weighted by Crippen LogP contribution is 2.35. The minimum absolute atomic E-state index is 0.535. The van der Waals surface area contributed by atoms with Gasteiger partial charge >= 0.3 is 5.97 Å². The molecule has 3 nitrogen and oxygen atoms in total. The summed E-state index contributed by atoms with van der Waals surface area (Å²) in [6, 6.07) is 6.55. The van der Waals surface area contributed by atoms with Crippen molar-refractivity contribution in [1.82, 2.24) is 4.90 Å². The molecule has 0 aromatic heterocycles. The van der Waals surface area contributed by atoms with Crippen LogP contribution in [0.25, 0.3) is 0 Å². The Morgan fingerprint density at radius 1 is 1.33 bits per heavy atom. The van der Waals surface area contributed by atoms with Crippen LogP contribution in [0.2, 0.25) is 0 Å². The van der Waals surface area contributed by atoms with Crippen molar-refractivity contribution in [2.24, 2.45) is 5.41 Å². The van der Waals surface area contributed by atoms with E-state index in [1.54, 1.807) is 0 Å². The van der Waals surface area contributed by atoms with E-state index in [1.807, 2.05) is 0 Å². The summed E-state index contributed by atoms with van der Waals surface area (Å²) in [5.41, 5.74) is 3.37. The molecular weight excluding hydrogens is 262 g/mol. The van der Waals surface area contributed by atoms with Crippen molar-refractivity contribution in [2.45, 2.75) is 53.0 Å². The molecule has 1 unspecified atom stereocenters. The van der Waals surface area contributed by atoms with Gasteiger partial charge in [-0.25, -0.2) is 0 Å². The highest BCUT2D eigenvalue weighted by atomic mass is 16.4. The summed E-state index contributed by atoms with van der Waals surface area (Å²) in [5.74, 6) is -0.617. The molecule has 1 aromatic rings. The summed E-state index contributed by atoms with van der Waals surface area (Å²) < 4.78 is 0. The number of rotatable bonds is 5. The van der Waals surface area contributed by atoms with Crippen LogP contribution in [0.3, 0.4) is 0 Å². The molecule has 0 radical (unpaired) electrons. The molecule has 1 aromatic carbocycles. The summed E-state index contributed by atoms with van der Waals surface area (Å²) in [6.45, 7) is 8.88. The molecule has 0 amide bonds. The van der Waals surface area contributed by atoms with Gasteiger partial charge in [0.05, 0.1) is 5.41 Å². The van der Waals surface area contributed by atoms with Crippen LogP contribution >= 0.6 is 0 Å². The normalized spacial score (nSPS) is 23.2. The first-order valence-corrected chi connectivity index (χ1v) is 7.99. The van der Waals surface area contributed by atoms with Gasteiger partial charge in [0.1, 0.15) is 0 Å². The average molecular weight is 289 g/mol. The van der Waals surface area contributed by atoms with E-state index in [-0.39, 0.29) is 0 Å². The van der Waals surface area contributed by atoms with E-state index in [9.17, 15) is 9.90 Å². The number of carboxylic acid groups (broad SMARTS) is 1. The lowest BCUT2D eigenvalue weighted by molar-refractivity contribution is -0.153. The van der Waals surface area contributed by atoms with E-state index in [2.05, 4.69) is 43.9 Å². The van der Waals surface area contributed by atoms with Crippen LogP contribution in [0.5, 0.6) is 0 Å².